The summed E-state index contributed by atoms with van der Waals surface area (Å²) in [4.78, 5) is 11.3. The maximum Gasteiger partial charge on any atom is 0.511 e. The van der Waals surface area contributed by atoms with Crippen LogP contribution in [0.2, 0.25) is 0 Å². The van der Waals surface area contributed by atoms with E-state index >= 15 is 0 Å². The molecule has 0 aromatic heterocycles. The smallest absolute Gasteiger partial charge is 0.449 e. The van der Waals surface area contributed by atoms with Crippen LogP contribution >= 0.6 is 11.8 Å². The lowest BCUT2D eigenvalue weighted by atomic mass is 9.99. The average Bonchev–Trinajstić information content (AvgIpc) is 2.94. The molecule has 0 heterocycles. The van der Waals surface area contributed by atoms with E-state index in [0.717, 1.165) is 29.5 Å². The van der Waals surface area contributed by atoms with Gasteiger partial charge in [0.2, 0.25) is 10.0 Å². The summed E-state index contributed by atoms with van der Waals surface area (Å²) in [5, 5.41) is 8.95. The summed E-state index contributed by atoms with van der Waals surface area (Å²) < 4.78 is 32.5. The first-order valence-electron chi connectivity index (χ1n) is 10.2. The molecule has 8 heteroatoms. The van der Waals surface area contributed by atoms with Crippen LogP contribution in [-0.2, 0) is 22.9 Å². The van der Waals surface area contributed by atoms with Gasteiger partial charge in [0.15, 0.2) is 0 Å². The molecule has 166 valence electrons. The van der Waals surface area contributed by atoms with Crippen molar-refractivity contribution in [1.82, 2.24) is 4.72 Å². The predicted octanol–water partition coefficient (Wildman–Crippen LogP) is 4.64. The lowest BCUT2D eigenvalue weighted by Gasteiger charge is -2.21. The molecule has 0 saturated carbocycles. The molecular weight excluding hydrogens is 446 g/mol. The van der Waals surface area contributed by atoms with Crippen LogP contribution < -0.4 is 9.46 Å². The summed E-state index contributed by atoms with van der Waals surface area (Å²) in [5.41, 5.74) is 4.55. The second-order valence-corrected chi connectivity index (χ2v) is 10.4. The number of aryl methyl sites for hydroxylation is 2. The monoisotopic (exact) mass is 469 g/mol. The summed E-state index contributed by atoms with van der Waals surface area (Å²) in [6.45, 7) is 0.279. The van der Waals surface area contributed by atoms with Gasteiger partial charge in [-0.3, -0.25) is 0 Å². The van der Waals surface area contributed by atoms with Crippen LogP contribution in [0.4, 0.5) is 4.79 Å². The molecule has 2 N–H and O–H groups in total. The molecule has 1 atom stereocenters. The molecule has 3 aromatic rings. The van der Waals surface area contributed by atoms with Gasteiger partial charge in [0.25, 0.3) is 0 Å². The number of fused-ring (bicyclic) bond motifs is 2. The number of hydrogen-bond donors (Lipinski definition) is 2. The quantitative estimate of drug-likeness (QED) is 0.297. The van der Waals surface area contributed by atoms with Crippen molar-refractivity contribution in [3.63, 3.8) is 0 Å². The lowest BCUT2D eigenvalue weighted by Crippen LogP contribution is -2.26. The van der Waals surface area contributed by atoms with Crippen LogP contribution in [0.5, 0.6) is 5.75 Å². The van der Waals surface area contributed by atoms with Crippen LogP contribution in [0.3, 0.4) is 0 Å². The molecular formula is C24H23NO5S2. The summed E-state index contributed by atoms with van der Waals surface area (Å²) in [7, 11) is -3.56. The van der Waals surface area contributed by atoms with Crippen LogP contribution in [0.1, 0.15) is 27.5 Å². The van der Waals surface area contributed by atoms with Crippen molar-refractivity contribution >= 4 is 27.9 Å². The number of carbonyl (C=O) groups is 1. The Balaban J connectivity index is 1.55. The third kappa shape index (κ3) is 5.15. The van der Waals surface area contributed by atoms with E-state index < -0.39 is 16.2 Å². The number of hydrogen-bond acceptors (Lipinski definition) is 5. The Morgan fingerprint density at radius 3 is 2.41 bits per heavy atom. The highest BCUT2D eigenvalue weighted by molar-refractivity contribution is 7.99. The van der Waals surface area contributed by atoms with Gasteiger partial charge in [0.05, 0.1) is 10.1 Å². The SMILES string of the molecule is O=C(O)Oc1ccc2c(c1)C(SCCNS(=O)(=O)c1ccccc1)c1ccccc1CC2. The molecule has 1 aliphatic rings. The van der Waals surface area contributed by atoms with E-state index in [1.54, 1.807) is 54.2 Å². The van der Waals surface area contributed by atoms with Gasteiger partial charge in [-0.25, -0.2) is 17.9 Å². The average molecular weight is 470 g/mol. The molecule has 3 aromatic carbocycles. The number of nitrogens with one attached hydrogen (secondary N) is 1. The van der Waals surface area contributed by atoms with E-state index in [4.69, 9.17) is 9.84 Å². The van der Waals surface area contributed by atoms with Crippen LogP contribution in [0, 0.1) is 0 Å². The van der Waals surface area contributed by atoms with Crippen molar-refractivity contribution in [2.75, 3.05) is 12.3 Å². The largest absolute Gasteiger partial charge is 0.511 e. The van der Waals surface area contributed by atoms with Gasteiger partial charge < -0.3 is 9.84 Å². The second kappa shape index (κ2) is 9.77. The highest BCUT2D eigenvalue weighted by atomic mass is 32.2. The number of sulfonamides is 1. The highest BCUT2D eigenvalue weighted by Crippen LogP contribution is 2.42. The van der Waals surface area contributed by atoms with E-state index in [0.29, 0.717) is 5.75 Å². The van der Waals surface area contributed by atoms with Gasteiger partial charge in [-0.15, -0.1) is 11.8 Å². The van der Waals surface area contributed by atoms with E-state index in [-0.39, 0.29) is 22.4 Å². The Labute approximate surface area is 191 Å². The van der Waals surface area contributed by atoms with Crippen LogP contribution in [0.15, 0.2) is 77.7 Å². The van der Waals surface area contributed by atoms with Crippen molar-refractivity contribution in [2.45, 2.75) is 23.0 Å². The van der Waals surface area contributed by atoms with Gasteiger partial charge in [-0.2, -0.15) is 0 Å². The molecule has 1 unspecified atom stereocenters. The Bertz CT molecular complexity index is 1210. The first kappa shape index (κ1) is 22.4. The lowest BCUT2D eigenvalue weighted by molar-refractivity contribution is 0.144. The minimum Gasteiger partial charge on any atom is -0.449 e. The normalized spacial score (nSPS) is 15.3. The zero-order chi connectivity index (χ0) is 22.6. The molecule has 0 saturated heterocycles. The molecule has 0 bridgehead atoms. The van der Waals surface area contributed by atoms with E-state index in [9.17, 15) is 13.2 Å². The summed E-state index contributed by atoms with van der Waals surface area (Å²) in [6.07, 6.45) is 0.385. The van der Waals surface area contributed by atoms with E-state index in [1.807, 2.05) is 18.2 Å². The zero-order valence-corrected chi connectivity index (χ0v) is 18.9. The van der Waals surface area contributed by atoms with Gasteiger partial charge in [-0.05, 0) is 59.4 Å². The molecule has 1 aliphatic carbocycles. The van der Waals surface area contributed by atoms with Gasteiger partial charge in [0, 0.05) is 12.3 Å². The fourth-order valence-corrected chi connectivity index (χ4v) is 6.33. The number of thioether (sulfide) groups is 1. The van der Waals surface area contributed by atoms with Crippen molar-refractivity contribution in [3.8, 4) is 5.75 Å². The molecule has 0 aliphatic heterocycles. The Kier molecular flexibility index (Phi) is 6.83. The minimum absolute atomic E-state index is 0.0534. The van der Waals surface area contributed by atoms with Crippen molar-refractivity contribution in [1.29, 1.82) is 0 Å². The Morgan fingerprint density at radius 2 is 1.66 bits per heavy atom. The Morgan fingerprint density at radius 1 is 0.969 bits per heavy atom. The van der Waals surface area contributed by atoms with Crippen molar-refractivity contribution in [2.24, 2.45) is 0 Å². The zero-order valence-electron chi connectivity index (χ0n) is 17.2. The van der Waals surface area contributed by atoms with Gasteiger partial charge in [0.1, 0.15) is 5.75 Å². The maximum atomic E-state index is 12.5. The fourth-order valence-electron chi connectivity index (χ4n) is 3.88. The topological polar surface area (TPSA) is 92.7 Å². The molecule has 4 rings (SSSR count). The van der Waals surface area contributed by atoms with E-state index in [2.05, 4.69) is 16.9 Å². The Hall–Kier alpha value is -2.81. The van der Waals surface area contributed by atoms with Crippen LogP contribution in [0.25, 0.3) is 0 Å². The number of benzene rings is 3. The molecule has 0 radical (unpaired) electrons. The summed E-state index contributed by atoms with van der Waals surface area (Å²) >= 11 is 1.63. The second-order valence-electron chi connectivity index (χ2n) is 7.39. The number of ether oxygens (including phenoxy) is 1. The third-order valence-electron chi connectivity index (χ3n) is 5.34. The fraction of sp³-hybridized carbons (Fsp3) is 0.208. The molecule has 0 spiro atoms. The minimum atomic E-state index is -3.56. The maximum absolute atomic E-state index is 12.5. The first-order valence-corrected chi connectivity index (χ1v) is 12.7. The number of carboxylic acid groups (broad SMARTS) is 1. The predicted molar refractivity (Wildman–Crippen MR) is 125 cm³/mol. The molecule has 32 heavy (non-hydrogen) atoms. The highest BCUT2D eigenvalue weighted by Gasteiger charge is 2.25. The molecule has 0 amide bonds. The molecule has 6 nitrogen and oxygen atoms in total. The van der Waals surface area contributed by atoms with Gasteiger partial charge >= 0.3 is 6.16 Å². The van der Waals surface area contributed by atoms with Crippen molar-refractivity contribution < 1.29 is 23.1 Å². The van der Waals surface area contributed by atoms with Crippen molar-refractivity contribution in [3.05, 3.63) is 95.1 Å². The number of rotatable bonds is 7. The first-order chi connectivity index (χ1) is 15.4. The van der Waals surface area contributed by atoms with Gasteiger partial charge in [-0.1, -0.05) is 48.5 Å². The summed E-state index contributed by atoms with van der Waals surface area (Å²) in [6, 6.07) is 21.9. The standard InChI is InChI=1S/C24H23NO5S2/c26-24(27)30-19-13-12-18-11-10-17-6-4-5-9-21(17)23(22(18)16-19)31-15-14-25-32(28,29)20-7-2-1-3-8-20/h1-9,12-13,16,23,25H,10-11,14-15H2,(H,26,27). The third-order valence-corrected chi connectivity index (χ3v) is 8.10. The van der Waals surface area contributed by atoms with E-state index in [1.165, 1.54) is 5.56 Å². The van der Waals surface area contributed by atoms with Crippen LogP contribution in [-0.4, -0.2) is 32.0 Å². The molecule has 0 fully saturated rings. The summed E-state index contributed by atoms with van der Waals surface area (Å²) in [5.74, 6) is 0.833.